The van der Waals surface area contributed by atoms with Crippen LogP contribution in [-0.2, 0) is 0 Å². The van der Waals surface area contributed by atoms with Gasteiger partial charge in [-0.15, -0.1) is 0 Å². The molecule has 0 N–H and O–H groups in total. The van der Waals surface area contributed by atoms with Crippen molar-refractivity contribution in [3.8, 4) is 6.07 Å². The van der Waals surface area contributed by atoms with E-state index in [1.54, 1.807) is 12.1 Å². The van der Waals surface area contributed by atoms with Crippen molar-refractivity contribution in [2.75, 3.05) is 18.0 Å². The number of hydrogen-bond donors (Lipinski definition) is 0. The fourth-order valence-corrected chi connectivity index (χ4v) is 2.62. The molecule has 1 saturated heterocycles. The number of hydrogen-bond acceptors (Lipinski definition) is 3. The summed E-state index contributed by atoms with van der Waals surface area (Å²) in [5.41, 5.74) is 2.40. The largest absolute Gasteiger partial charge is 0.370 e. The van der Waals surface area contributed by atoms with E-state index >= 15 is 0 Å². The van der Waals surface area contributed by atoms with Crippen molar-refractivity contribution in [3.05, 3.63) is 29.3 Å². The van der Waals surface area contributed by atoms with E-state index in [0.717, 1.165) is 31.5 Å². The molecular formula is C15H18N2O. The minimum absolute atomic E-state index is 0.286. The maximum absolute atomic E-state index is 10.7. The highest BCUT2D eigenvalue weighted by Crippen LogP contribution is 2.33. The molecule has 94 valence electrons. The molecule has 0 unspecified atom stereocenters. The van der Waals surface area contributed by atoms with Gasteiger partial charge in [0, 0.05) is 18.7 Å². The van der Waals surface area contributed by atoms with Gasteiger partial charge in [0.05, 0.1) is 11.3 Å². The van der Waals surface area contributed by atoms with Gasteiger partial charge in [0.1, 0.15) is 12.4 Å². The van der Waals surface area contributed by atoms with E-state index in [2.05, 4.69) is 24.8 Å². The molecule has 2 rings (SSSR count). The number of nitrogens with zero attached hydrogens (tertiary/aromatic N) is 2. The Kier molecular flexibility index (Phi) is 3.38. The van der Waals surface area contributed by atoms with Crippen LogP contribution in [-0.4, -0.2) is 19.4 Å². The molecule has 18 heavy (non-hydrogen) atoms. The van der Waals surface area contributed by atoms with Crippen LogP contribution in [0.5, 0.6) is 0 Å². The summed E-state index contributed by atoms with van der Waals surface area (Å²) >= 11 is 0. The van der Waals surface area contributed by atoms with Crippen LogP contribution in [0.1, 0.15) is 42.6 Å². The quantitative estimate of drug-likeness (QED) is 0.749. The molecule has 0 saturated carbocycles. The lowest BCUT2D eigenvalue weighted by molar-refractivity contribution is 0.112. The highest BCUT2D eigenvalue weighted by molar-refractivity contribution is 5.78. The summed E-state index contributed by atoms with van der Waals surface area (Å²) < 4.78 is 0. The summed E-state index contributed by atoms with van der Waals surface area (Å²) in [5, 5.41) is 9.21. The molecule has 0 aliphatic carbocycles. The highest BCUT2D eigenvalue weighted by atomic mass is 16.1. The maximum Gasteiger partial charge on any atom is 0.150 e. The molecule has 1 aromatic carbocycles. The zero-order valence-corrected chi connectivity index (χ0v) is 10.9. The van der Waals surface area contributed by atoms with Crippen molar-refractivity contribution < 1.29 is 4.79 Å². The molecule has 0 radical (unpaired) electrons. The highest BCUT2D eigenvalue weighted by Gasteiger charge is 2.27. The summed E-state index contributed by atoms with van der Waals surface area (Å²) in [7, 11) is 0. The first-order valence-electron chi connectivity index (χ1n) is 6.30. The zero-order chi connectivity index (χ0) is 13.2. The van der Waals surface area contributed by atoms with Gasteiger partial charge in [0.25, 0.3) is 0 Å². The van der Waals surface area contributed by atoms with Crippen LogP contribution in [0.2, 0.25) is 0 Å². The minimum Gasteiger partial charge on any atom is -0.370 e. The Morgan fingerprint density at radius 1 is 1.44 bits per heavy atom. The molecule has 1 aromatic rings. The van der Waals surface area contributed by atoms with Gasteiger partial charge >= 0.3 is 0 Å². The average Bonchev–Trinajstić information content (AvgIpc) is 2.36. The molecule has 1 aliphatic rings. The Morgan fingerprint density at radius 3 is 2.83 bits per heavy atom. The molecule has 0 bridgehead atoms. The average molecular weight is 242 g/mol. The molecule has 0 spiro atoms. The first-order chi connectivity index (χ1) is 8.55. The molecule has 1 aliphatic heterocycles. The maximum atomic E-state index is 10.7. The normalized spacial score (nSPS) is 18.2. The van der Waals surface area contributed by atoms with Crippen LogP contribution < -0.4 is 4.90 Å². The summed E-state index contributed by atoms with van der Waals surface area (Å²) in [6, 6.07) is 7.54. The third-order valence-electron chi connectivity index (χ3n) is 3.52. The van der Waals surface area contributed by atoms with E-state index in [9.17, 15) is 10.1 Å². The van der Waals surface area contributed by atoms with Crippen LogP contribution in [0.25, 0.3) is 0 Å². The molecule has 0 amide bonds. The van der Waals surface area contributed by atoms with Crippen molar-refractivity contribution in [1.29, 1.82) is 5.26 Å². The molecule has 0 atom stereocenters. The Bertz CT molecular complexity index is 500. The van der Waals surface area contributed by atoms with Gasteiger partial charge in [0.2, 0.25) is 0 Å². The number of piperidine rings is 1. The van der Waals surface area contributed by atoms with Gasteiger partial charge in [-0.05, 0) is 36.5 Å². The number of anilines is 1. The molecule has 1 heterocycles. The van der Waals surface area contributed by atoms with Gasteiger partial charge in [-0.25, -0.2) is 0 Å². The number of aldehydes is 1. The lowest BCUT2D eigenvalue weighted by Crippen LogP contribution is -2.40. The number of rotatable bonds is 2. The fraction of sp³-hybridized carbons (Fsp3) is 0.467. The van der Waals surface area contributed by atoms with Crippen LogP contribution in [0.4, 0.5) is 5.69 Å². The third-order valence-corrected chi connectivity index (χ3v) is 3.52. The lowest BCUT2D eigenvalue weighted by Gasteiger charge is -2.39. The summed E-state index contributed by atoms with van der Waals surface area (Å²) in [5.74, 6) is 0. The van der Waals surface area contributed by atoms with Gasteiger partial charge in [-0.1, -0.05) is 13.8 Å². The smallest absolute Gasteiger partial charge is 0.150 e. The van der Waals surface area contributed by atoms with E-state index in [4.69, 9.17) is 0 Å². The summed E-state index contributed by atoms with van der Waals surface area (Å²) in [6.07, 6.45) is 3.15. The number of carbonyl (C=O) groups is 1. The fourth-order valence-electron chi connectivity index (χ4n) is 2.62. The molecule has 3 nitrogen and oxygen atoms in total. The predicted molar refractivity (Wildman–Crippen MR) is 71.8 cm³/mol. The first-order valence-corrected chi connectivity index (χ1v) is 6.30. The Balaban J connectivity index is 2.33. The van der Waals surface area contributed by atoms with Crippen molar-refractivity contribution in [1.82, 2.24) is 0 Å². The second-order valence-electron chi connectivity index (χ2n) is 5.70. The topological polar surface area (TPSA) is 44.1 Å². The standard InChI is InChI=1S/C15H18N2O/c1-15(2)6-3-7-17(11-15)14-5-4-12(10-18)8-13(14)9-16/h4-5,8,10H,3,6-7,11H2,1-2H3. The molecule has 0 aromatic heterocycles. The Hall–Kier alpha value is -1.82. The Morgan fingerprint density at radius 2 is 2.22 bits per heavy atom. The monoisotopic (exact) mass is 242 g/mol. The summed E-state index contributed by atoms with van der Waals surface area (Å²) in [4.78, 5) is 13.0. The Labute approximate surface area is 108 Å². The number of benzene rings is 1. The first kappa shape index (κ1) is 12.6. The molecule has 1 fully saturated rings. The second-order valence-corrected chi connectivity index (χ2v) is 5.70. The van der Waals surface area contributed by atoms with Gasteiger partial charge in [-0.3, -0.25) is 4.79 Å². The van der Waals surface area contributed by atoms with Crippen LogP contribution in [0.15, 0.2) is 18.2 Å². The third kappa shape index (κ3) is 2.53. The SMILES string of the molecule is CC1(C)CCCN(c2ccc(C=O)cc2C#N)C1. The predicted octanol–water partition coefficient (Wildman–Crippen LogP) is 3.00. The van der Waals surface area contributed by atoms with Crippen LogP contribution in [0.3, 0.4) is 0 Å². The summed E-state index contributed by atoms with van der Waals surface area (Å²) in [6.45, 7) is 6.46. The van der Waals surface area contributed by atoms with E-state index in [1.807, 2.05) is 6.07 Å². The second kappa shape index (κ2) is 4.81. The van der Waals surface area contributed by atoms with E-state index in [0.29, 0.717) is 11.1 Å². The number of carbonyl (C=O) groups excluding carboxylic acids is 1. The lowest BCUT2D eigenvalue weighted by atomic mass is 9.84. The van der Waals surface area contributed by atoms with Crippen molar-refractivity contribution in [3.63, 3.8) is 0 Å². The molecular weight excluding hydrogens is 224 g/mol. The zero-order valence-electron chi connectivity index (χ0n) is 10.9. The molecule has 3 heteroatoms. The van der Waals surface area contributed by atoms with E-state index < -0.39 is 0 Å². The minimum atomic E-state index is 0.286. The van der Waals surface area contributed by atoms with Crippen LogP contribution in [0, 0.1) is 16.7 Å². The van der Waals surface area contributed by atoms with E-state index in [-0.39, 0.29) is 5.41 Å². The van der Waals surface area contributed by atoms with Crippen molar-refractivity contribution in [2.24, 2.45) is 5.41 Å². The van der Waals surface area contributed by atoms with Crippen LogP contribution >= 0.6 is 0 Å². The number of nitriles is 1. The van der Waals surface area contributed by atoms with E-state index in [1.165, 1.54) is 6.42 Å². The van der Waals surface area contributed by atoms with Gasteiger partial charge in [0.15, 0.2) is 0 Å². The van der Waals surface area contributed by atoms with Crippen molar-refractivity contribution in [2.45, 2.75) is 26.7 Å². The van der Waals surface area contributed by atoms with Gasteiger partial charge in [-0.2, -0.15) is 5.26 Å². The van der Waals surface area contributed by atoms with Crippen molar-refractivity contribution >= 4 is 12.0 Å². The van der Waals surface area contributed by atoms with Gasteiger partial charge < -0.3 is 4.90 Å².